The molecule has 0 amide bonds. The van der Waals surface area contributed by atoms with Crippen LogP contribution in [-0.2, 0) is 6.42 Å². The molecule has 17 heavy (non-hydrogen) atoms. The van der Waals surface area contributed by atoms with E-state index in [4.69, 9.17) is 29.0 Å². The summed E-state index contributed by atoms with van der Waals surface area (Å²) >= 11 is 13.4. The normalized spacial score (nSPS) is 12.6. The molecular formula is C10H10Cl2N4S. The molecule has 0 aliphatic heterocycles. The summed E-state index contributed by atoms with van der Waals surface area (Å²) in [5.74, 6) is 5.51. The lowest BCUT2D eigenvalue weighted by Gasteiger charge is -2.15. The van der Waals surface area contributed by atoms with Crippen molar-refractivity contribution < 1.29 is 0 Å². The second kappa shape index (κ2) is 5.75. The molecule has 0 fully saturated rings. The Balaban J connectivity index is 2.25. The summed E-state index contributed by atoms with van der Waals surface area (Å²) in [6, 6.07) is 5.26. The van der Waals surface area contributed by atoms with Crippen molar-refractivity contribution in [3.8, 4) is 0 Å². The van der Waals surface area contributed by atoms with E-state index >= 15 is 0 Å². The first-order chi connectivity index (χ1) is 8.22. The third-order valence-corrected chi connectivity index (χ3v) is 3.61. The van der Waals surface area contributed by atoms with Crippen molar-refractivity contribution in [1.29, 1.82) is 0 Å². The molecule has 0 aliphatic carbocycles. The van der Waals surface area contributed by atoms with Gasteiger partial charge in [-0.2, -0.15) is 8.75 Å². The van der Waals surface area contributed by atoms with Crippen molar-refractivity contribution in [3.63, 3.8) is 0 Å². The summed E-state index contributed by atoms with van der Waals surface area (Å²) in [7, 11) is 0. The summed E-state index contributed by atoms with van der Waals surface area (Å²) in [4.78, 5) is 0. The fourth-order valence-electron chi connectivity index (χ4n) is 1.51. The first-order valence-corrected chi connectivity index (χ1v) is 6.37. The van der Waals surface area contributed by atoms with Gasteiger partial charge in [0.1, 0.15) is 0 Å². The minimum absolute atomic E-state index is 0.147. The van der Waals surface area contributed by atoms with Crippen molar-refractivity contribution in [2.24, 2.45) is 5.84 Å². The van der Waals surface area contributed by atoms with Crippen molar-refractivity contribution in [3.05, 3.63) is 45.7 Å². The van der Waals surface area contributed by atoms with Gasteiger partial charge in [0.25, 0.3) is 0 Å². The molecule has 1 aromatic heterocycles. The number of hydrazine groups is 1. The molecule has 1 unspecified atom stereocenters. The third kappa shape index (κ3) is 2.94. The van der Waals surface area contributed by atoms with E-state index in [1.807, 2.05) is 6.07 Å². The maximum Gasteiger partial charge on any atom is 0.0929 e. The van der Waals surface area contributed by atoms with Gasteiger partial charge in [0.2, 0.25) is 0 Å². The topological polar surface area (TPSA) is 63.8 Å². The highest BCUT2D eigenvalue weighted by Gasteiger charge is 2.16. The van der Waals surface area contributed by atoms with Crippen LogP contribution in [-0.4, -0.2) is 8.75 Å². The summed E-state index contributed by atoms with van der Waals surface area (Å²) in [5, 5.41) is 1.25. The monoisotopic (exact) mass is 288 g/mol. The smallest absolute Gasteiger partial charge is 0.0929 e. The number of nitrogens with two attached hydrogens (primary N) is 1. The Hall–Kier alpha value is -0.720. The number of halogens is 2. The molecule has 0 saturated carbocycles. The van der Waals surface area contributed by atoms with Gasteiger partial charge in [-0.1, -0.05) is 29.3 Å². The minimum Gasteiger partial charge on any atom is -0.271 e. The number of hydrogen-bond acceptors (Lipinski definition) is 5. The Kier molecular flexibility index (Phi) is 4.31. The molecule has 0 spiro atoms. The summed E-state index contributed by atoms with van der Waals surface area (Å²) < 4.78 is 8.09. The highest BCUT2D eigenvalue weighted by Crippen LogP contribution is 2.28. The maximum absolute atomic E-state index is 6.11. The number of nitrogens with zero attached hydrogens (tertiary/aromatic N) is 2. The van der Waals surface area contributed by atoms with Crippen molar-refractivity contribution in [2.75, 3.05) is 0 Å². The average Bonchev–Trinajstić information content (AvgIpc) is 2.82. The lowest BCUT2D eigenvalue weighted by Crippen LogP contribution is -2.30. The molecule has 2 aromatic rings. The van der Waals surface area contributed by atoms with Gasteiger partial charge in [-0.25, -0.2) is 0 Å². The van der Waals surface area contributed by atoms with Gasteiger partial charge in [0.15, 0.2) is 0 Å². The van der Waals surface area contributed by atoms with E-state index in [0.29, 0.717) is 16.5 Å². The van der Waals surface area contributed by atoms with E-state index < -0.39 is 0 Å². The van der Waals surface area contributed by atoms with E-state index in [-0.39, 0.29) is 6.04 Å². The summed E-state index contributed by atoms with van der Waals surface area (Å²) in [5.41, 5.74) is 4.33. The standard InChI is InChI=1S/C10H10Cl2N4S/c11-7-2-1-3-8(12)6(7)4-9(15-13)10-5-14-17-16-10/h1-3,5,9,15H,4,13H2. The predicted octanol–water partition coefficient (Wildman–Crippen LogP) is 2.59. The lowest BCUT2D eigenvalue weighted by molar-refractivity contribution is 0.542. The Labute approximate surface area is 113 Å². The Morgan fingerprint density at radius 1 is 1.35 bits per heavy atom. The van der Waals surface area contributed by atoms with E-state index in [0.717, 1.165) is 23.0 Å². The van der Waals surface area contributed by atoms with E-state index in [1.54, 1.807) is 18.3 Å². The Morgan fingerprint density at radius 3 is 2.59 bits per heavy atom. The molecular weight excluding hydrogens is 279 g/mol. The van der Waals surface area contributed by atoms with Gasteiger partial charge in [-0.3, -0.25) is 11.3 Å². The zero-order valence-corrected chi connectivity index (χ0v) is 11.1. The summed E-state index contributed by atoms with van der Waals surface area (Å²) in [6.07, 6.45) is 2.25. The molecule has 90 valence electrons. The molecule has 4 nitrogen and oxygen atoms in total. The lowest BCUT2D eigenvalue weighted by atomic mass is 10.0. The molecule has 7 heteroatoms. The summed E-state index contributed by atoms with van der Waals surface area (Å²) in [6.45, 7) is 0. The van der Waals surface area contributed by atoms with Gasteiger partial charge in [-0.05, 0) is 24.1 Å². The fourth-order valence-corrected chi connectivity index (χ4v) is 2.53. The zero-order chi connectivity index (χ0) is 12.3. The first-order valence-electron chi connectivity index (χ1n) is 4.89. The number of hydrogen-bond donors (Lipinski definition) is 2. The van der Waals surface area contributed by atoms with Crippen LogP contribution in [0.3, 0.4) is 0 Å². The van der Waals surface area contributed by atoms with E-state index in [1.165, 1.54) is 0 Å². The van der Waals surface area contributed by atoms with Crippen LogP contribution in [0.2, 0.25) is 10.0 Å². The Bertz CT molecular complexity index is 469. The number of rotatable bonds is 4. The fraction of sp³-hybridized carbons (Fsp3) is 0.200. The molecule has 1 atom stereocenters. The van der Waals surface area contributed by atoms with Crippen LogP contribution >= 0.6 is 34.9 Å². The number of aromatic nitrogens is 2. The molecule has 3 N–H and O–H groups in total. The van der Waals surface area contributed by atoms with Crippen LogP contribution in [0.25, 0.3) is 0 Å². The second-order valence-corrected chi connectivity index (χ2v) is 4.83. The van der Waals surface area contributed by atoms with Crippen LogP contribution in [0.4, 0.5) is 0 Å². The SMILES string of the molecule is NNC(Cc1c(Cl)cccc1Cl)c1cnsn1. The van der Waals surface area contributed by atoms with E-state index in [9.17, 15) is 0 Å². The van der Waals surface area contributed by atoms with Crippen LogP contribution in [0.15, 0.2) is 24.4 Å². The van der Waals surface area contributed by atoms with Crippen molar-refractivity contribution in [1.82, 2.24) is 14.2 Å². The van der Waals surface area contributed by atoms with Crippen molar-refractivity contribution in [2.45, 2.75) is 12.5 Å². The predicted molar refractivity (Wildman–Crippen MR) is 70.1 cm³/mol. The third-order valence-electron chi connectivity index (χ3n) is 2.41. The first kappa shape index (κ1) is 12.7. The molecule has 0 saturated heterocycles. The molecule has 0 bridgehead atoms. The molecule has 1 heterocycles. The maximum atomic E-state index is 6.11. The number of nitrogens with one attached hydrogen (secondary N) is 1. The largest absolute Gasteiger partial charge is 0.271 e. The van der Waals surface area contributed by atoms with Gasteiger partial charge in [-0.15, -0.1) is 0 Å². The van der Waals surface area contributed by atoms with Crippen molar-refractivity contribution >= 4 is 34.9 Å². The van der Waals surface area contributed by atoms with Gasteiger partial charge in [0, 0.05) is 10.0 Å². The van der Waals surface area contributed by atoms with Crippen LogP contribution in [0, 0.1) is 0 Å². The molecule has 0 radical (unpaired) electrons. The van der Waals surface area contributed by atoms with Crippen LogP contribution < -0.4 is 11.3 Å². The molecule has 1 aromatic carbocycles. The van der Waals surface area contributed by atoms with Crippen LogP contribution in [0.5, 0.6) is 0 Å². The van der Waals surface area contributed by atoms with E-state index in [2.05, 4.69) is 14.2 Å². The number of benzene rings is 1. The van der Waals surface area contributed by atoms with Crippen LogP contribution in [0.1, 0.15) is 17.3 Å². The molecule has 0 aliphatic rings. The van der Waals surface area contributed by atoms with Gasteiger partial charge in [0.05, 0.1) is 29.7 Å². The second-order valence-electron chi connectivity index (χ2n) is 3.46. The quantitative estimate of drug-likeness (QED) is 0.671. The molecule has 2 rings (SSSR count). The van der Waals surface area contributed by atoms with Gasteiger partial charge < -0.3 is 0 Å². The highest BCUT2D eigenvalue weighted by atomic mass is 35.5. The average molecular weight is 289 g/mol. The zero-order valence-electron chi connectivity index (χ0n) is 8.73. The Morgan fingerprint density at radius 2 is 2.06 bits per heavy atom. The minimum atomic E-state index is -0.147. The highest BCUT2D eigenvalue weighted by molar-refractivity contribution is 6.99. The van der Waals surface area contributed by atoms with Gasteiger partial charge >= 0.3 is 0 Å².